The van der Waals surface area contributed by atoms with Crippen LogP contribution in [-0.4, -0.2) is 56.7 Å². The number of carbonyl (C=O) groups excluding carboxylic acids is 1. The van der Waals surface area contributed by atoms with Crippen molar-refractivity contribution in [2.45, 2.75) is 4.90 Å². The van der Waals surface area contributed by atoms with Gasteiger partial charge in [-0.25, -0.2) is 13.4 Å². The molecule has 1 fully saturated rings. The molecule has 1 aliphatic rings. The Hall–Kier alpha value is -2.07. The van der Waals surface area contributed by atoms with Gasteiger partial charge in [0.2, 0.25) is 11.1 Å². The first-order chi connectivity index (χ1) is 13.3. The molecule has 1 aliphatic heterocycles. The van der Waals surface area contributed by atoms with Gasteiger partial charge in [-0.1, -0.05) is 0 Å². The number of sulfone groups is 1. The van der Waals surface area contributed by atoms with Gasteiger partial charge in [-0.05, 0) is 41.9 Å². The number of thiophene rings is 1. The molecule has 28 heavy (non-hydrogen) atoms. The van der Waals surface area contributed by atoms with Crippen molar-refractivity contribution in [3.8, 4) is 0 Å². The Morgan fingerprint density at radius 1 is 1.18 bits per heavy atom. The van der Waals surface area contributed by atoms with Crippen LogP contribution in [0, 0.1) is 0 Å². The van der Waals surface area contributed by atoms with E-state index in [1.165, 1.54) is 35.6 Å². The van der Waals surface area contributed by atoms with Crippen LogP contribution in [0.1, 0.15) is 15.2 Å². The zero-order valence-corrected chi connectivity index (χ0v) is 17.3. The number of fused-ring (bicyclic) bond motifs is 1. The van der Waals surface area contributed by atoms with Crippen molar-refractivity contribution in [2.24, 2.45) is 0 Å². The fraction of sp³-hybridized carbons (Fsp3) is 0.278. The maximum atomic E-state index is 12.9. The third-order valence-corrected chi connectivity index (χ3v) is 6.82. The van der Waals surface area contributed by atoms with Crippen LogP contribution in [-0.2, 0) is 14.6 Å². The molecule has 0 N–H and O–H groups in total. The van der Waals surface area contributed by atoms with E-state index in [4.69, 9.17) is 16.3 Å². The maximum Gasteiger partial charge on any atom is 0.224 e. The van der Waals surface area contributed by atoms with Crippen molar-refractivity contribution in [1.82, 2.24) is 9.97 Å². The highest BCUT2D eigenvalue weighted by Gasteiger charge is 2.21. The van der Waals surface area contributed by atoms with Crippen molar-refractivity contribution < 1.29 is 17.9 Å². The minimum Gasteiger partial charge on any atom is -0.378 e. The first-order valence-electron chi connectivity index (χ1n) is 8.47. The Kier molecular flexibility index (Phi) is 5.09. The van der Waals surface area contributed by atoms with Gasteiger partial charge in [0, 0.05) is 24.9 Å². The molecule has 1 aromatic carbocycles. The average molecular weight is 438 g/mol. The number of hydrogen-bond acceptors (Lipinski definition) is 8. The zero-order chi connectivity index (χ0) is 19.9. The number of morpholine rings is 1. The SMILES string of the molecule is CS(=O)(=O)c1ccc(C(=O)c2cc3nc(Cl)nc(N4CCOCC4)c3s2)cc1. The number of halogens is 1. The lowest BCUT2D eigenvalue weighted by molar-refractivity contribution is 0.104. The van der Waals surface area contributed by atoms with E-state index < -0.39 is 9.84 Å². The van der Waals surface area contributed by atoms with Gasteiger partial charge in [-0.2, -0.15) is 4.98 Å². The fourth-order valence-corrected chi connectivity index (χ4v) is 4.86. The highest BCUT2D eigenvalue weighted by Crippen LogP contribution is 2.34. The number of nitrogens with zero attached hydrogens (tertiary/aromatic N) is 3. The van der Waals surface area contributed by atoms with Crippen LogP contribution in [0.3, 0.4) is 0 Å². The average Bonchev–Trinajstić information content (AvgIpc) is 3.10. The summed E-state index contributed by atoms with van der Waals surface area (Å²) in [5.41, 5.74) is 1.02. The van der Waals surface area contributed by atoms with E-state index in [1.807, 2.05) is 0 Å². The Balaban J connectivity index is 1.72. The van der Waals surface area contributed by atoms with E-state index in [1.54, 1.807) is 6.07 Å². The normalized spacial score (nSPS) is 15.1. The standard InChI is InChI=1S/C18H16ClN3O4S2/c1-28(24,25)12-4-2-11(3-5-12)15(23)14-10-13-16(27-14)17(21-18(19)20-13)22-6-8-26-9-7-22/h2-5,10H,6-9H2,1H3. The summed E-state index contributed by atoms with van der Waals surface area (Å²) in [6.07, 6.45) is 1.13. The quantitative estimate of drug-likeness (QED) is 0.458. The molecule has 0 atom stereocenters. The van der Waals surface area contributed by atoms with Gasteiger partial charge in [0.25, 0.3) is 0 Å². The number of hydrogen-bond donors (Lipinski definition) is 0. The number of benzene rings is 1. The number of aromatic nitrogens is 2. The van der Waals surface area contributed by atoms with E-state index in [9.17, 15) is 13.2 Å². The minimum absolute atomic E-state index is 0.128. The zero-order valence-electron chi connectivity index (χ0n) is 14.9. The third kappa shape index (κ3) is 3.75. The highest BCUT2D eigenvalue weighted by atomic mass is 35.5. The number of anilines is 1. The molecule has 0 amide bonds. The molecule has 0 bridgehead atoms. The van der Waals surface area contributed by atoms with Gasteiger partial charge >= 0.3 is 0 Å². The first-order valence-corrected chi connectivity index (χ1v) is 11.6. The summed E-state index contributed by atoms with van der Waals surface area (Å²) in [4.78, 5) is 24.3. The molecule has 4 rings (SSSR count). The Labute approximate surface area is 170 Å². The van der Waals surface area contributed by atoms with Crippen LogP contribution >= 0.6 is 22.9 Å². The number of rotatable bonds is 4. The van der Waals surface area contributed by atoms with Crippen LogP contribution in [0.5, 0.6) is 0 Å². The molecular weight excluding hydrogens is 422 g/mol. The number of ketones is 1. The maximum absolute atomic E-state index is 12.9. The molecule has 3 heterocycles. The molecule has 3 aromatic rings. The summed E-state index contributed by atoms with van der Waals surface area (Å²) in [6, 6.07) is 7.61. The summed E-state index contributed by atoms with van der Waals surface area (Å²) < 4.78 is 29.4. The Morgan fingerprint density at radius 3 is 2.50 bits per heavy atom. The molecule has 0 spiro atoms. The van der Waals surface area contributed by atoms with E-state index in [0.29, 0.717) is 48.1 Å². The van der Waals surface area contributed by atoms with Gasteiger partial charge in [0.05, 0.1) is 33.2 Å². The molecule has 2 aromatic heterocycles. The first kappa shape index (κ1) is 19.3. The van der Waals surface area contributed by atoms with Crippen molar-refractivity contribution in [3.05, 3.63) is 46.1 Å². The minimum atomic E-state index is -3.31. The third-order valence-electron chi connectivity index (χ3n) is 4.41. The lowest BCUT2D eigenvalue weighted by Crippen LogP contribution is -2.36. The Bertz CT molecular complexity index is 1150. The fourth-order valence-electron chi connectivity index (χ4n) is 2.98. The molecule has 0 radical (unpaired) electrons. The van der Waals surface area contributed by atoms with E-state index >= 15 is 0 Å². The summed E-state index contributed by atoms with van der Waals surface area (Å²) in [5.74, 6) is 0.502. The molecule has 10 heteroatoms. The molecular formula is C18H16ClN3O4S2. The van der Waals surface area contributed by atoms with Crippen molar-refractivity contribution in [1.29, 1.82) is 0 Å². The summed E-state index contributed by atoms with van der Waals surface area (Å²) in [7, 11) is -3.31. The summed E-state index contributed by atoms with van der Waals surface area (Å²) in [5, 5.41) is 0.128. The number of carbonyl (C=O) groups is 1. The van der Waals surface area contributed by atoms with E-state index in [0.717, 1.165) is 11.0 Å². The lowest BCUT2D eigenvalue weighted by atomic mass is 10.1. The summed E-state index contributed by atoms with van der Waals surface area (Å²) >= 11 is 7.40. The van der Waals surface area contributed by atoms with Gasteiger partial charge in [-0.3, -0.25) is 4.79 Å². The molecule has 0 unspecified atom stereocenters. The molecule has 7 nitrogen and oxygen atoms in total. The van der Waals surface area contributed by atoms with Gasteiger partial charge in [-0.15, -0.1) is 11.3 Å². The van der Waals surface area contributed by atoms with Gasteiger partial charge in [0.15, 0.2) is 15.7 Å². The van der Waals surface area contributed by atoms with Crippen LogP contribution in [0.25, 0.3) is 10.2 Å². The van der Waals surface area contributed by atoms with Crippen LogP contribution in [0.2, 0.25) is 5.28 Å². The summed E-state index contributed by atoms with van der Waals surface area (Å²) in [6.45, 7) is 2.59. The second-order valence-electron chi connectivity index (χ2n) is 6.37. The van der Waals surface area contributed by atoms with Crippen molar-refractivity contribution >= 4 is 54.6 Å². The van der Waals surface area contributed by atoms with Gasteiger partial charge in [0.1, 0.15) is 0 Å². The number of ether oxygens (including phenoxy) is 1. The van der Waals surface area contributed by atoms with E-state index in [-0.39, 0.29) is 16.0 Å². The molecule has 0 aliphatic carbocycles. The van der Waals surface area contributed by atoms with Crippen LogP contribution < -0.4 is 4.90 Å². The predicted molar refractivity (Wildman–Crippen MR) is 108 cm³/mol. The molecule has 1 saturated heterocycles. The largest absolute Gasteiger partial charge is 0.378 e. The monoisotopic (exact) mass is 437 g/mol. The lowest BCUT2D eigenvalue weighted by Gasteiger charge is -2.28. The van der Waals surface area contributed by atoms with Crippen molar-refractivity contribution in [2.75, 3.05) is 37.5 Å². The molecule has 146 valence electrons. The highest BCUT2D eigenvalue weighted by molar-refractivity contribution is 7.90. The Morgan fingerprint density at radius 2 is 1.86 bits per heavy atom. The topological polar surface area (TPSA) is 89.5 Å². The predicted octanol–water partition coefficient (Wildman–Crippen LogP) is 2.82. The van der Waals surface area contributed by atoms with Gasteiger partial charge < -0.3 is 9.64 Å². The van der Waals surface area contributed by atoms with Crippen LogP contribution in [0.4, 0.5) is 5.82 Å². The van der Waals surface area contributed by atoms with E-state index in [2.05, 4.69) is 14.9 Å². The second-order valence-corrected chi connectivity index (χ2v) is 9.77. The second kappa shape index (κ2) is 7.40. The van der Waals surface area contributed by atoms with Crippen LogP contribution in [0.15, 0.2) is 35.2 Å². The smallest absolute Gasteiger partial charge is 0.224 e. The molecule has 0 saturated carbocycles. The van der Waals surface area contributed by atoms with Crippen molar-refractivity contribution in [3.63, 3.8) is 0 Å².